The maximum atomic E-state index is 11.6. The third-order valence-electron chi connectivity index (χ3n) is 2.72. The highest BCUT2D eigenvalue weighted by Crippen LogP contribution is 2.26. The quantitative estimate of drug-likeness (QED) is 0.547. The molecule has 1 aliphatic carbocycles. The van der Waals surface area contributed by atoms with Crippen molar-refractivity contribution in [3.05, 3.63) is 0 Å². The average Bonchev–Trinajstić information content (AvgIpc) is 2.69. The Morgan fingerprint density at radius 3 is 2.12 bits per heavy atom. The molecular weight excluding hydrogens is 208 g/mol. The number of esters is 2. The molecule has 0 saturated heterocycles. The van der Waals surface area contributed by atoms with E-state index in [1.807, 2.05) is 0 Å². The molecule has 92 valence electrons. The standard InChI is InChI=1S/C12H20O4/c1-8(2)11(13)15-9(3)16-12(14)10-6-4-5-7-10/h8-10H,4-7H2,1-3H3. The Kier molecular flexibility index (Phi) is 4.77. The van der Waals surface area contributed by atoms with Gasteiger partial charge in [0.05, 0.1) is 11.8 Å². The summed E-state index contributed by atoms with van der Waals surface area (Å²) in [5, 5.41) is 0. The van der Waals surface area contributed by atoms with E-state index in [0.29, 0.717) is 0 Å². The Morgan fingerprint density at radius 1 is 1.06 bits per heavy atom. The van der Waals surface area contributed by atoms with Crippen molar-refractivity contribution in [1.82, 2.24) is 0 Å². The van der Waals surface area contributed by atoms with E-state index in [0.717, 1.165) is 25.7 Å². The molecule has 0 bridgehead atoms. The van der Waals surface area contributed by atoms with Gasteiger partial charge >= 0.3 is 11.9 Å². The van der Waals surface area contributed by atoms with Crippen molar-refractivity contribution in [2.45, 2.75) is 52.7 Å². The molecule has 16 heavy (non-hydrogen) atoms. The summed E-state index contributed by atoms with van der Waals surface area (Å²) in [4.78, 5) is 22.8. The Hall–Kier alpha value is -1.06. The molecule has 1 saturated carbocycles. The number of rotatable bonds is 4. The van der Waals surface area contributed by atoms with Gasteiger partial charge in [-0.25, -0.2) is 0 Å². The first-order valence-electron chi connectivity index (χ1n) is 5.91. The van der Waals surface area contributed by atoms with Crippen molar-refractivity contribution in [2.24, 2.45) is 11.8 Å². The topological polar surface area (TPSA) is 52.6 Å². The van der Waals surface area contributed by atoms with Gasteiger partial charge < -0.3 is 9.47 Å². The summed E-state index contributed by atoms with van der Waals surface area (Å²) in [6.07, 6.45) is 3.18. The van der Waals surface area contributed by atoms with E-state index in [1.54, 1.807) is 20.8 Å². The Balaban J connectivity index is 2.30. The zero-order chi connectivity index (χ0) is 12.1. The lowest BCUT2D eigenvalue weighted by Crippen LogP contribution is -2.26. The molecule has 1 aliphatic rings. The van der Waals surface area contributed by atoms with E-state index in [2.05, 4.69) is 0 Å². The normalized spacial score (nSPS) is 18.5. The van der Waals surface area contributed by atoms with Gasteiger partial charge in [0.15, 0.2) is 0 Å². The van der Waals surface area contributed by atoms with Crippen molar-refractivity contribution >= 4 is 11.9 Å². The van der Waals surface area contributed by atoms with Gasteiger partial charge in [-0.2, -0.15) is 0 Å². The van der Waals surface area contributed by atoms with Gasteiger partial charge in [-0.1, -0.05) is 26.7 Å². The first-order valence-corrected chi connectivity index (χ1v) is 5.91. The van der Waals surface area contributed by atoms with Crippen molar-refractivity contribution in [1.29, 1.82) is 0 Å². The van der Waals surface area contributed by atoms with Crippen LogP contribution in [0.15, 0.2) is 0 Å². The van der Waals surface area contributed by atoms with Crippen LogP contribution in [0.5, 0.6) is 0 Å². The molecule has 0 heterocycles. The van der Waals surface area contributed by atoms with Crippen LogP contribution in [0.1, 0.15) is 46.5 Å². The van der Waals surface area contributed by atoms with Crippen LogP contribution in [0, 0.1) is 11.8 Å². The fourth-order valence-electron chi connectivity index (χ4n) is 1.75. The molecule has 1 atom stereocenters. The lowest BCUT2D eigenvalue weighted by Gasteiger charge is -2.17. The Labute approximate surface area is 96.3 Å². The first kappa shape index (κ1) is 13.0. The number of hydrogen-bond acceptors (Lipinski definition) is 4. The molecule has 4 heteroatoms. The minimum absolute atomic E-state index is 0.000187. The van der Waals surface area contributed by atoms with Gasteiger partial charge in [-0.15, -0.1) is 0 Å². The van der Waals surface area contributed by atoms with Crippen LogP contribution in [0.25, 0.3) is 0 Å². The zero-order valence-corrected chi connectivity index (χ0v) is 10.2. The van der Waals surface area contributed by atoms with Crippen molar-refractivity contribution in [3.8, 4) is 0 Å². The Bertz CT molecular complexity index is 254. The molecule has 0 N–H and O–H groups in total. The van der Waals surface area contributed by atoms with Crippen LogP contribution in [0.4, 0.5) is 0 Å². The number of carbonyl (C=O) groups is 2. The second kappa shape index (κ2) is 5.87. The van der Waals surface area contributed by atoms with E-state index < -0.39 is 6.29 Å². The van der Waals surface area contributed by atoms with Crippen LogP contribution < -0.4 is 0 Å². The predicted octanol–water partition coefficient (Wildman–Crippen LogP) is 2.27. The summed E-state index contributed by atoms with van der Waals surface area (Å²) in [5.74, 6) is -0.777. The van der Waals surface area contributed by atoms with Crippen LogP contribution in [-0.2, 0) is 19.1 Å². The van der Waals surface area contributed by atoms with Crippen LogP contribution in [0.2, 0.25) is 0 Å². The second-order valence-electron chi connectivity index (χ2n) is 4.58. The maximum Gasteiger partial charge on any atom is 0.311 e. The summed E-state index contributed by atoms with van der Waals surface area (Å²) in [5.41, 5.74) is 0. The Morgan fingerprint density at radius 2 is 1.62 bits per heavy atom. The van der Waals surface area contributed by atoms with E-state index in [1.165, 1.54) is 0 Å². The van der Waals surface area contributed by atoms with Crippen molar-refractivity contribution in [3.63, 3.8) is 0 Å². The molecule has 0 aromatic heterocycles. The number of hydrogen-bond donors (Lipinski definition) is 0. The van der Waals surface area contributed by atoms with Crippen molar-refractivity contribution < 1.29 is 19.1 Å². The number of ether oxygens (including phenoxy) is 2. The van der Waals surface area contributed by atoms with Gasteiger partial charge in [0.1, 0.15) is 0 Å². The van der Waals surface area contributed by atoms with Gasteiger partial charge in [0.2, 0.25) is 6.29 Å². The van der Waals surface area contributed by atoms with Crippen LogP contribution in [-0.4, -0.2) is 18.2 Å². The molecule has 0 amide bonds. The molecular formula is C12H20O4. The highest BCUT2D eigenvalue weighted by molar-refractivity contribution is 5.74. The molecule has 0 aliphatic heterocycles. The fourth-order valence-corrected chi connectivity index (χ4v) is 1.75. The fraction of sp³-hybridized carbons (Fsp3) is 0.833. The SMILES string of the molecule is CC(OC(=O)C(C)C)OC(=O)C1CCCC1. The molecule has 0 aromatic rings. The summed E-state index contributed by atoms with van der Waals surface area (Å²) in [6.45, 7) is 5.06. The molecule has 0 spiro atoms. The summed E-state index contributed by atoms with van der Waals surface area (Å²) in [6, 6.07) is 0. The first-order chi connectivity index (χ1) is 7.50. The largest absolute Gasteiger partial charge is 0.425 e. The molecule has 4 nitrogen and oxygen atoms in total. The molecule has 1 unspecified atom stereocenters. The van der Waals surface area contributed by atoms with E-state index >= 15 is 0 Å². The minimum Gasteiger partial charge on any atom is -0.425 e. The summed E-state index contributed by atoms with van der Waals surface area (Å²) < 4.78 is 10.0. The van der Waals surface area contributed by atoms with E-state index in [-0.39, 0.29) is 23.8 Å². The summed E-state index contributed by atoms with van der Waals surface area (Å²) >= 11 is 0. The molecule has 0 radical (unpaired) electrons. The second-order valence-corrected chi connectivity index (χ2v) is 4.58. The highest BCUT2D eigenvalue weighted by Gasteiger charge is 2.26. The smallest absolute Gasteiger partial charge is 0.311 e. The van der Waals surface area contributed by atoms with Gasteiger partial charge in [-0.05, 0) is 12.8 Å². The third kappa shape index (κ3) is 3.83. The zero-order valence-electron chi connectivity index (χ0n) is 10.2. The highest BCUT2D eigenvalue weighted by atomic mass is 16.7. The van der Waals surface area contributed by atoms with Gasteiger partial charge in [-0.3, -0.25) is 9.59 Å². The predicted molar refractivity (Wildman–Crippen MR) is 58.4 cm³/mol. The molecule has 1 fully saturated rings. The van der Waals surface area contributed by atoms with E-state index in [9.17, 15) is 9.59 Å². The van der Waals surface area contributed by atoms with Crippen molar-refractivity contribution in [2.75, 3.05) is 0 Å². The summed E-state index contributed by atoms with van der Waals surface area (Å²) in [7, 11) is 0. The molecule has 0 aromatic carbocycles. The van der Waals surface area contributed by atoms with Crippen LogP contribution >= 0.6 is 0 Å². The maximum absolute atomic E-state index is 11.6. The third-order valence-corrected chi connectivity index (χ3v) is 2.72. The molecule has 1 rings (SSSR count). The van der Waals surface area contributed by atoms with Gasteiger partial charge in [0.25, 0.3) is 0 Å². The lowest BCUT2D eigenvalue weighted by molar-refractivity contribution is -0.189. The minimum atomic E-state index is -0.775. The van der Waals surface area contributed by atoms with E-state index in [4.69, 9.17) is 9.47 Å². The van der Waals surface area contributed by atoms with Crippen LogP contribution in [0.3, 0.4) is 0 Å². The average molecular weight is 228 g/mol. The van der Waals surface area contributed by atoms with Gasteiger partial charge in [0, 0.05) is 6.92 Å². The lowest BCUT2D eigenvalue weighted by atomic mass is 10.1. The monoisotopic (exact) mass is 228 g/mol. The number of carbonyl (C=O) groups excluding carboxylic acids is 2.